The molecule has 0 spiro atoms. The van der Waals surface area contributed by atoms with Crippen LogP contribution in [0.1, 0.15) is 18.5 Å². The molecule has 0 unspecified atom stereocenters. The van der Waals surface area contributed by atoms with E-state index in [1.807, 2.05) is 37.3 Å². The van der Waals surface area contributed by atoms with Crippen molar-refractivity contribution in [1.29, 1.82) is 0 Å². The molecule has 0 aliphatic rings. The Hall–Kier alpha value is -1.56. The summed E-state index contributed by atoms with van der Waals surface area (Å²) >= 11 is 9.48. The van der Waals surface area contributed by atoms with Gasteiger partial charge in [0.2, 0.25) is 5.91 Å². The summed E-state index contributed by atoms with van der Waals surface area (Å²) in [5.41, 5.74) is 1.67. The second-order valence-corrected chi connectivity index (χ2v) is 6.29. The van der Waals surface area contributed by atoms with Crippen molar-refractivity contribution in [2.45, 2.75) is 13.0 Å². The fraction of sp³-hybridized carbons (Fsp3) is 0.235. The van der Waals surface area contributed by atoms with Gasteiger partial charge in [-0.05, 0) is 52.7 Å². The Bertz CT molecular complexity index is 694. The van der Waals surface area contributed by atoms with Gasteiger partial charge in [-0.25, -0.2) is 0 Å². The van der Waals surface area contributed by atoms with E-state index in [1.54, 1.807) is 19.2 Å². The third-order valence-corrected chi connectivity index (χ3v) is 4.34. The molecular weight excluding hydrogens is 380 g/mol. The molecule has 0 saturated carbocycles. The number of benzene rings is 2. The molecule has 0 radical (unpaired) electrons. The first-order chi connectivity index (χ1) is 11.0. The van der Waals surface area contributed by atoms with Crippen molar-refractivity contribution in [3.05, 3.63) is 57.5 Å². The highest BCUT2D eigenvalue weighted by Gasteiger charge is 2.11. The van der Waals surface area contributed by atoms with Crippen LogP contribution in [-0.4, -0.2) is 19.6 Å². The zero-order valence-corrected chi connectivity index (χ0v) is 15.2. The fourth-order valence-electron chi connectivity index (χ4n) is 2.07. The smallest absolute Gasteiger partial charge is 0.238 e. The van der Waals surface area contributed by atoms with Gasteiger partial charge in [-0.15, -0.1) is 0 Å². The molecule has 0 fully saturated rings. The zero-order valence-electron chi connectivity index (χ0n) is 12.9. The molecule has 0 saturated heterocycles. The number of ether oxygens (including phenoxy) is 1. The van der Waals surface area contributed by atoms with Gasteiger partial charge in [-0.2, -0.15) is 0 Å². The normalized spacial score (nSPS) is 11.8. The topological polar surface area (TPSA) is 50.4 Å². The van der Waals surface area contributed by atoms with Crippen LogP contribution in [-0.2, 0) is 4.79 Å². The molecule has 1 atom stereocenters. The van der Waals surface area contributed by atoms with E-state index in [9.17, 15) is 4.79 Å². The summed E-state index contributed by atoms with van der Waals surface area (Å²) in [5, 5.41) is 6.49. The van der Waals surface area contributed by atoms with Gasteiger partial charge in [0.05, 0.1) is 28.8 Å². The predicted molar refractivity (Wildman–Crippen MR) is 97.2 cm³/mol. The lowest BCUT2D eigenvalue weighted by atomic mass is 10.1. The summed E-state index contributed by atoms with van der Waals surface area (Å²) in [4.78, 5) is 12.0. The van der Waals surface area contributed by atoms with Crippen LogP contribution in [0.25, 0.3) is 0 Å². The number of methoxy groups -OCH3 is 1. The van der Waals surface area contributed by atoms with Crippen molar-refractivity contribution in [1.82, 2.24) is 5.32 Å². The number of carbonyl (C=O) groups is 1. The summed E-state index contributed by atoms with van der Waals surface area (Å²) in [5.74, 6) is 0.634. The highest BCUT2D eigenvalue weighted by Crippen LogP contribution is 2.28. The lowest BCUT2D eigenvalue weighted by Crippen LogP contribution is -2.30. The number of nitrogens with one attached hydrogen (secondary N) is 2. The van der Waals surface area contributed by atoms with E-state index in [0.29, 0.717) is 10.7 Å². The fourth-order valence-corrected chi connectivity index (χ4v) is 2.81. The number of amides is 1. The molecular formula is C17H18BrClN2O2. The monoisotopic (exact) mass is 396 g/mol. The molecule has 0 bridgehead atoms. The quantitative estimate of drug-likeness (QED) is 0.759. The first-order valence-corrected chi connectivity index (χ1v) is 8.29. The molecule has 0 aliphatic heterocycles. The minimum absolute atomic E-state index is 0.0224. The lowest BCUT2D eigenvalue weighted by molar-refractivity contribution is -0.115. The van der Waals surface area contributed by atoms with Crippen LogP contribution in [0, 0.1) is 0 Å². The third kappa shape index (κ3) is 4.96. The maximum absolute atomic E-state index is 12.0. The van der Waals surface area contributed by atoms with Crippen LogP contribution < -0.4 is 15.4 Å². The van der Waals surface area contributed by atoms with Gasteiger partial charge in [0.25, 0.3) is 0 Å². The standard InChI is InChI=1S/C17H18BrClN2O2/c1-11(12-7-8-16(23-2)13(18)9-12)20-10-17(22)21-15-6-4-3-5-14(15)19/h3-9,11,20H,10H2,1-2H3,(H,21,22)/t11-/m0/s1. The zero-order chi connectivity index (χ0) is 16.8. The summed E-state index contributed by atoms with van der Waals surface area (Å²) in [6.07, 6.45) is 0. The minimum atomic E-state index is -0.141. The van der Waals surface area contributed by atoms with Crippen LogP contribution in [0.15, 0.2) is 46.9 Å². The van der Waals surface area contributed by atoms with Crippen molar-refractivity contribution < 1.29 is 9.53 Å². The first kappa shape index (κ1) is 17.8. The van der Waals surface area contributed by atoms with E-state index < -0.39 is 0 Å². The maximum atomic E-state index is 12.0. The van der Waals surface area contributed by atoms with Gasteiger partial charge in [-0.3, -0.25) is 4.79 Å². The molecule has 23 heavy (non-hydrogen) atoms. The summed E-state index contributed by atoms with van der Waals surface area (Å²) in [6, 6.07) is 13.0. The molecule has 4 nitrogen and oxygen atoms in total. The molecule has 2 aromatic rings. The number of rotatable bonds is 6. The van der Waals surface area contributed by atoms with E-state index >= 15 is 0 Å². The minimum Gasteiger partial charge on any atom is -0.496 e. The van der Waals surface area contributed by atoms with Crippen molar-refractivity contribution in [2.75, 3.05) is 19.0 Å². The Morgan fingerprint density at radius 3 is 2.70 bits per heavy atom. The number of carbonyl (C=O) groups excluding carboxylic acids is 1. The Kier molecular flexibility index (Phi) is 6.45. The van der Waals surface area contributed by atoms with Crippen molar-refractivity contribution >= 4 is 39.1 Å². The second kappa shape index (κ2) is 8.34. The molecule has 6 heteroatoms. The molecule has 122 valence electrons. The largest absolute Gasteiger partial charge is 0.496 e. The van der Waals surface area contributed by atoms with Crippen molar-refractivity contribution in [2.24, 2.45) is 0 Å². The number of anilines is 1. The Labute approximate surface area is 149 Å². The highest BCUT2D eigenvalue weighted by molar-refractivity contribution is 9.10. The number of para-hydroxylation sites is 1. The van der Waals surface area contributed by atoms with E-state index in [2.05, 4.69) is 26.6 Å². The van der Waals surface area contributed by atoms with E-state index in [1.165, 1.54) is 0 Å². The molecule has 2 N–H and O–H groups in total. The predicted octanol–water partition coefficient (Wildman–Crippen LogP) is 4.40. The highest BCUT2D eigenvalue weighted by atomic mass is 79.9. The van der Waals surface area contributed by atoms with Gasteiger partial charge in [0.15, 0.2) is 0 Å². The third-order valence-electron chi connectivity index (χ3n) is 3.39. The van der Waals surface area contributed by atoms with Gasteiger partial charge >= 0.3 is 0 Å². The Morgan fingerprint density at radius 1 is 1.30 bits per heavy atom. The SMILES string of the molecule is COc1ccc([C@H](C)NCC(=O)Nc2ccccc2Cl)cc1Br. The van der Waals surface area contributed by atoms with Crippen LogP contribution >= 0.6 is 27.5 Å². The van der Waals surface area contributed by atoms with Gasteiger partial charge < -0.3 is 15.4 Å². The van der Waals surface area contributed by atoms with Gasteiger partial charge in [0, 0.05) is 6.04 Å². The second-order valence-electron chi connectivity index (χ2n) is 5.02. The summed E-state index contributed by atoms with van der Waals surface area (Å²) in [6.45, 7) is 2.19. The average molecular weight is 398 g/mol. The van der Waals surface area contributed by atoms with E-state index in [4.69, 9.17) is 16.3 Å². The lowest BCUT2D eigenvalue weighted by Gasteiger charge is -2.15. The van der Waals surface area contributed by atoms with Crippen LogP contribution in [0.4, 0.5) is 5.69 Å². The number of hydrogen-bond acceptors (Lipinski definition) is 3. The maximum Gasteiger partial charge on any atom is 0.238 e. The van der Waals surface area contributed by atoms with Crippen LogP contribution in [0.3, 0.4) is 0 Å². The molecule has 0 heterocycles. The van der Waals surface area contributed by atoms with Crippen molar-refractivity contribution in [3.8, 4) is 5.75 Å². The van der Waals surface area contributed by atoms with Crippen LogP contribution in [0.2, 0.25) is 5.02 Å². The Morgan fingerprint density at radius 2 is 2.04 bits per heavy atom. The first-order valence-electron chi connectivity index (χ1n) is 7.12. The molecule has 2 aromatic carbocycles. The number of hydrogen-bond donors (Lipinski definition) is 2. The van der Waals surface area contributed by atoms with E-state index in [-0.39, 0.29) is 18.5 Å². The summed E-state index contributed by atoms with van der Waals surface area (Å²) in [7, 11) is 1.63. The summed E-state index contributed by atoms with van der Waals surface area (Å²) < 4.78 is 6.09. The molecule has 2 rings (SSSR count). The Balaban J connectivity index is 1.91. The van der Waals surface area contributed by atoms with Gasteiger partial charge in [-0.1, -0.05) is 29.8 Å². The van der Waals surface area contributed by atoms with Crippen molar-refractivity contribution in [3.63, 3.8) is 0 Å². The average Bonchev–Trinajstić information content (AvgIpc) is 2.54. The molecule has 1 amide bonds. The van der Waals surface area contributed by atoms with Crippen LogP contribution in [0.5, 0.6) is 5.75 Å². The number of halogens is 2. The molecule has 0 aliphatic carbocycles. The molecule has 0 aromatic heterocycles. The van der Waals surface area contributed by atoms with Gasteiger partial charge in [0.1, 0.15) is 5.75 Å². The van der Waals surface area contributed by atoms with E-state index in [0.717, 1.165) is 15.8 Å².